The van der Waals surface area contributed by atoms with E-state index in [9.17, 15) is 14.0 Å². The Kier molecular flexibility index (Phi) is 6.10. The zero-order chi connectivity index (χ0) is 22.0. The number of piperidine rings is 1. The van der Waals surface area contributed by atoms with Gasteiger partial charge >= 0.3 is 0 Å². The number of hydrogen-bond acceptors (Lipinski definition) is 7. The second-order valence-corrected chi connectivity index (χ2v) is 8.41. The second kappa shape index (κ2) is 8.94. The summed E-state index contributed by atoms with van der Waals surface area (Å²) in [5, 5.41) is 8.96. The lowest BCUT2D eigenvalue weighted by Crippen LogP contribution is -2.46. The number of benzene rings is 1. The second-order valence-electron chi connectivity index (χ2n) is 7.49. The van der Waals surface area contributed by atoms with Crippen LogP contribution in [0.5, 0.6) is 0 Å². The van der Waals surface area contributed by atoms with Gasteiger partial charge in [0.25, 0.3) is 5.91 Å². The molecule has 31 heavy (non-hydrogen) atoms. The molecular weight excluding hydrogens is 421 g/mol. The summed E-state index contributed by atoms with van der Waals surface area (Å²) in [6.45, 7) is 3.15. The van der Waals surface area contributed by atoms with Gasteiger partial charge in [0.1, 0.15) is 10.8 Å². The van der Waals surface area contributed by atoms with Crippen LogP contribution in [0.1, 0.15) is 41.9 Å². The van der Waals surface area contributed by atoms with Crippen LogP contribution >= 0.6 is 11.3 Å². The molecule has 2 atom stereocenters. The van der Waals surface area contributed by atoms with Gasteiger partial charge in [0, 0.05) is 12.1 Å². The van der Waals surface area contributed by atoms with Gasteiger partial charge in [-0.05, 0) is 49.9 Å². The molecule has 0 aliphatic carbocycles. The van der Waals surface area contributed by atoms with Crippen molar-refractivity contribution in [2.24, 2.45) is 5.73 Å². The number of anilines is 1. The van der Waals surface area contributed by atoms with Crippen molar-refractivity contribution in [2.45, 2.75) is 31.7 Å². The van der Waals surface area contributed by atoms with Crippen LogP contribution in [0.4, 0.5) is 9.39 Å². The Morgan fingerprint density at radius 2 is 2.23 bits per heavy atom. The summed E-state index contributed by atoms with van der Waals surface area (Å²) < 4.78 is 18.9. The maximum absolute atomic E-state index is 13.5. The molecule has 10 heteroatoms. The first kappa shape index (κ1) is 21.1. The van der Waals surface area contributed by atoms with E-state index in [2.05, 4.69) is 15.5 Å². The van der Waals surface area contributed by atoms with Crippen molar-refractivity contribution in [3.63, 3.8) is 0 Å². The highest BCUT2D eigenvalue weighted by molar-refractivity contribution is 7.14. The molecule has 1 aliphatic rings. The quantitative estimate of drug-likeness (QED) is 0.604. The normalized spacial score (nSPS) is 17.9. The SMILES string of the molecule is CC(C(=O)Nc1sccc1C(N)=O)N1CCCC(c2nc(-c3cccc(F)c3)no2)C1. The molecule has 1 saturated heterocycles. The first-order chi connectivity index (χ1) is 14.9. The lowest BCUT2D eigenvalue weighted by Gasteiger charge is -2.34. The monoisotopic (exact) mass is 443 g/mol. The number of amides is 2. The smallest absolute Gasteiger partial charge is 0.251 e. The number of nitrogens with one attached hydrogen (secondary N) is 1. The number of halogens is 1. The summed E-state index contributed by atoms with van der Waals surface area (Å²) in [5.41, 5.74) is 6.21. The molecule has 3 heterocycles. The molecule has 8 nitrogen and oxygen atoms in total. The zero-order valence-corrected chi connectivity index (χ0v) is 17.7. The summed E-state index contributed by atoms with van der Waals surface area (Å²) in [7, 11) is 0. The van der Waals surface area contributed by atoms with Crippen LogP contribution in [0.25, 0.3) is 11.4 Å². The first-order valence-corrected chi connectivity index (χ1v) is 10.8. The van der Waals surface area contributed by atoms with Gasteiger partial charge in [0.2, 0.25) is 17.6 Å². The van der Waals surface area contributed by atoms with Crippen LogP contribution < -0.4 is 11.1 Å². The molecule has 162 valence electrons. The van der Waals surface area contributed by atoms with Crippen molar-refractivity contribution in [3.8, 4) is 11.4 Å². The Morgan fingerprint density at radius 1 is 1.39 bits per heavy atom. The van der Waals surface area contributed by atoms with Crippen molar-refractivity contribution >= 4 is 28.2 Å². The fraction of sp³-hybridized carbons (Fsp3) is 0.333. The molecule has 3 aromatic rings. The Morgan fingerprint density at radius 3 is 3.00 bits per heavy atom. The number of likely N-dealkylation sites (tertiary alicyclic amines) is 1. The van der Waals surface area contributed by atoms with Crippen LogP contribution in [0.15, 0.2) is 40.2 Å². The van der Waals surface area contributed by atoms with Gasteiger partial charge in [0.15, 0.2) is 0 Å². The molecule has 1 aliphatic heterocycles. The van der Waals surface area contributed by atoms with Gasteiger partial charge in [-0.2, -0.15) is 4.98 Å². The molecule has 0 radical (unpaired) electrons. The lowest BCUT2D eigenvalue weighted by atomic mass is 9.96. The summed E-state index contributed by atoms with van der Waals surface area (Å²) in [4.78, 5) is 30.7. The van der Waals surface area contributed by atoms with Gasteiger partial charge < -0.3 is 15.6 Å². The van der Waals surface area contributed by atoms with Gasteiger partial charge in [-0.1, -0.05) is 17.3 Å². The number of hydrogen-bond donors (Lipinski definition) is 2. The highest BCUT2D eigenvalue weighted by atomic mass is 32.1. The molecule has 1 aromatic carbocycles. The molecule has 0 spiro atoms. The molecule has 0 bridgehead atoms. The topological polar surface area (TPSA) is 114 Å². The van der Waals surface area contributed by atoms with E-state index in [1.54, 1.807) is 23.6 Å². The number of primary amides is 1. The van der Waals surface area contributed by atoms with Crippen LogP contribution in [0.2, 0.25) is 0 Å². The van der Waals surface area contributed by atoms with E-state index in [0.717, 1.165) is 19.4 Å². The molecule has 3 N–H and O–H groups in total. The molecule has 2 aromatic heterocycles. The molecular formula is C21H22FN5O3S. The van der Waals surface area contributed by atoms with Crippen molar-refractivity contribution in [3.05, 3.63) is 53.0 Å². The summed E-state index contributed by atoms with van der Waals surface area (Å²) in [6, 6.07) is 7.22. The summed E-state index contributed by atoms with van der Waals surface area (Å²) in [6.07, 6.45) is 1.72. The Balaban J connectivity index is 1.43. The third kappa shape index (κ3) is 4.64. The predicted octanol–water partition coefficient (Wildman–Crippen LogP) is 3.24. The Labute approximate surface area is 182 Å². The number of carbonyl (C=O) groups is 2. The van der Waals surface area contributed by atoms with E-state index in [-0.39, 0.29) is 17.6 Å². The highest BCUT2D eigenvalue weighted by Crippen LogP contribution is 2.29. The van der Waals surface area contributed by atoms with Crippen LogP contribution in [-0.2, 0) is 4.79 Å². The summed E-state index contributed by atoms with van der Waals surface area (Å²) >= 11 is 1.26. The predicted molar refractivity (Wildman–Crippen MR) is 114 cm³/mol. The maximum atomic E-state index is 13.5. The van der Waals surface area contributed by atoms with Crippen molar-refractivity contribution in [1.29, 1.82) is 0 Å². The van der Waals surface area contributed by atoms with E-state index in [1.807, 2.05) is 11.8 Å². The van der Waals surface area contributed by atoms with E-state index in [1.165, 1.54) is 23.5 Å². The minimum atomic E-state index is -0.576. The molecule has 2 amide bonds. The standard InChI is InChI=1S/C21H22FN5O3S/c1-12(19(29)25-21-16(17(23)28)7-9-31-21)27-8-3-5-14(11-27)20-24-18(26-30-20)13-4-2-6-15(22)10-13/h2,4,6-7,9-10,12,14H,3,5,8,11H2,1H3,(H2,23,28)(H,25,29). The number of carbonyl (C=O) groups excluding carboxylic acids is 2. The van der Waals surface area contributed by atoms with E-state index >= 15 is 0 Å². The van der Waals surface area contributed by atoms with Crippen molar-refractivity contribution in [2.75, 3.05) is 18.4 Å². The van der Waals surface area contributed by atoms with Gasteiger partial charge in [-0.15, -0.1) is 11.3 Å². The van der Waals surface area contributed by atoms with Crippen LogP contribution in [-0.4, -0.2) is 46.0 Å². The van der Waals surface area contributed by atoms with Gasteiger partial charge in [0.05, 0.1) is 17.5 Å². The highest BCUT2D eigenvalue weighted by Gasteiger charge is 2.31. The number of nitrogens with zero attached hydrogens (tertiary/aromatic N) is 3. The average molecular weight is 444 g/mol. The third-order valence-corrected chi connectivity index (χ3v) is 6.25. The summed E-state index contributed by atoms with van der Waals surface area (Å²) in [5.74, 6) is -0.358. The molecule has 4 rings (SSSR count). The van der Waals surface area contributed by atoms with Crippen molar-refractivity contribution in [1.82, 2.24) is 15.0 Å². The van der Waals surface area contributed by atoms with Crippen molar-refractivity contribution < 1.29 is 18.5 Å². The Bertz CT molecular complexity index is 1100. The minimum absolute atomic E-state index is 0.0262. The molecule has 2 unspecified atom stereocenters. The third-order valence-electron chi connectivity index (χ3n) is 5.42. The lowest BCUT2D eigenvalue weighted by molar-refractivity contribution is -0.121. The van der Waals surface area contributed by atoms with E-state index < -0.39 is 11.9 Å². The number of thiophene rings is 1. The molecule has 1 fully saturated rings. The fourth-order valence-electron chi connectivity index (χ4n) is 3.69. The van der Waals surface area contributed by atoms with E-state index in [0.29, 0.717) is 34.4 Å². The molecule has 0 saturated carbocycles. The maximum Gasteiger partial charge on any atom is 0.251 e. The first-order valence-electron chi connectivity index (χ1n) is 9.94. The fourth-order valence-corrected chi connectivity index (χ4v) is 4.48. The van der Waals surface area contributed by atoms with Crippen LogP contribution in [0.3, 0.4) is 0 Å². The number of aromatic nitrogens is 2. The van der Waals surface area contributed by atoms with Gasteiger partial charge in [-0.3, -0.25) is 14.5 Å². The number of rotatable bonds is 6. The largest absolute Gasteiger partial charge is 0.366 e. The Hall–Kier alpha value is -3.11. The number of nitrogens with two attached hydrogens (primary N) is 1. The van der Waals surface area contributed by atoms with Crippen LogP contribution in [0, 0.1) is 5.82 Å². The van der Waals surface area contributed by atoms with Gasteiger partial charge in [-0.25, -0.2) is 4.39 Å². The van der Waals surface area contributed by atoms with E-state index in [4.69, 9.17) is 10.3 Å². The zero-order valence-electron chi connectivity index (χ0n) is 16.9. The minimum Gasteiger partial charge on any atom is -0.366 e. The average Bonchev–Trinajstić information content (AvgIpc) is 3.43.